The second-order valence-electron chi connectivity index (χ2n) is 5.75. The van der Waals surface area contributed by atoms with Gasteiger partial charge in [-0.1, -0.05) is 30.3 Å². The van der Waals surface area contributed by atoms with E-state index in [9.17, 15) is 9.59 Å². The van der Waals surface area contributed by atoms with Crippen LogP contribution in [0.3, 0.4) is 0 Å². The number of benzene rings is 1. The Bertz CT molecular complexity index is 504. The first-order valence-corrected chi connectivity index (χ1v) is 7.80. The number of hydrogen-bond donors (Lipinski definition) is 1. The van der Waals surface area contributed by atoms with Crippen LogP contribution in [0.2, 0.25) is 0 Å². The monoisotopic (exact) mass is 304 g/mol. The second-order valence-corrected chi connectivity index (χ2v) is 5.75. The molecule has 0 unspecified atom stereocenters. The Morgan fingerprint density at radius 2 is 2.05 bits per heavy atom. The van der Waals surface area contributed by atoms with Crippen molar-refractivity contribution in [3.63, 3.8) is 0 Å². The van der Waals surface area contributed by atoms with Crippen LogP contribution >= 0.6 is 0 Å². The van der Waals surface area contributed by atoms with Crippen LogP contribution in [-0.2, 0) is 16.0 Å². The number of ether oxygens (including phenoxy) is 1. The molecule has 0 bridgehead atoms. The normalized spacial score (nSPS) is 19.4. The Labute approximate surface area is 131 Å². The molecule has 1 N–H and O–H groups in total. The average Bonchev–Trinajstić information content (AvgIpc) is 2.54. The molecule has 5 heteroatoms. The van der Waals surface area contributed by atoms with E-state index in [2.05, 4.69) is 5.32 Å². The molecule has 1 aliphatic heterocycles. The lowest BCUT2D eigenvalue weighted by Crippen LogP contribution is -2.53. The molecule has 0 spiro atoms. The minimum absolute atomic E-state index is 0.182. The van der Waals surface area contributed by atoms with Gasteiger partial charge in [0.1, 0.15) is 6.04 Å². The van der Waals surface area contributed by atoms with Crippen molar-refractivity contribution in [2.75, 3.05) is 13.7 Å². The van der Waals surface area contributed by atoms with E-state index in [1.165, 1.54) is 7.11 Å². The van der Waals surface area contributed by atoms with Gasteiger partial charge in [0.2, 0.25) is 0 Å². The summed E-state index contributed by atoms with van der Waals surface area (Å²) >= 11 is 0. The molecule has 120 valence electrons. The van der Waals surface area contributed by atoms with Crippen molar-refractivity contribution in [2.24, 2.45) is 0 Å². The SMILES string of the molecule is COC(=O)[C@H](Cc1ccccc1)NC(=O)N1CCCC[C@@H]1C. The van der Waals surface area contributed by atoms with Gasteiger partial charge in [0.15, 0.2) is 0 Å². The van der Waals surface area contributed by atoms with Gasteiger partial charge >= 0.3 is 12.0 Å². The van der Waals surface area contributed by atoms with Crippen LogP contribution in [0, 0.1) is 0 Å². The fraction of sp³-hybridized carbons (Fsp3) is 0.529. The number of piperidine rings is 1. The Morgan fingerprint density at radius 1 is 1.32 bits per heavy atom. The number of nitrogens with one attached hydrogen (secondary N) is 1. The zero-order valence-electron chi connectivity index (χ0n) is 13.2. The maximum absolute atomic E-state index is 12.4. The number of esters is 1. The van der Waals surface area contributed by atoms with Crippen LogP contribution in [0.25, 0.3) is 0 Å². The maximum Gasteiger partial charge on any atom is 0.328 e. The van der Waals surface area contributed by atoms with Crippen molar-refractivity contribution in [3.8, 4) is 0 Å². The molecule has 1 fully saturated rings. The molecule has 22 heavy (non-hydrogen) atoms. The van der Waals surface area contributed by atoms with E-state index in [1.807, 2.05) is 42.2 Å². The molecule has 1 heterocycles. The predicted molar refractivity (Wildman–Crippen MR) is 84.5 cm³/mol. The summed E-state index contributed by atoms with van der Waals surface area (Å²) in [6.45, 7) is 2.79. The molecule has 1 aromatic carbocycles. The Kier molecular flexibility index (Phi) is 5.81. The highest BCUT2D eigenvalue weighted by Gasteiger charge is 2.28. The number of hydrogen-bond acceptors (Lipinski definition) is 3. The molecule has 0 saturated carbocycles. The number of carbonyl (C=O) groups is 2. The van der Waals surface area contributed by atoms with Gasteiger partial charge in [-0.05, 0) is 31.7 Å². The molecule has 1 aromatic rings. The third kappa shape index (κ3) is 4.23. The topological polar surface area (TPSA) is 58.6 Å². The smallest absolute Gasteiger partial charge is 0.328 e. The fourth-order valence-corrected chi connectivity index (χ4v) is 2.82. The van der Waals surface area contributed by atoms with E-state index in [-0.39, 0.29) is 12.1 Å². The van der Waals surface area contributed by atoms with Crippen LogP contribution in [-0.4, -0.2) is 42.6 Å². The largest absolute Gasteiger partial charge is 0.467 e. The first-order valence-electron chi connectivity index (χ1n) is 7.80. The summed E-state index contributed by atoms with van der Waals surface area (Å²) in [4.78, 5) is 26.2. The number of amides is 2. The summed E-state index contributed by atoms with van der Waals surface area (Å²) in [6, 6.07) is 8.99. The van der Waals surface area contributed by atoms with Crippen molar-refractivity contribution < 1.29 is 14.3 Å². The molecule has 2 rings (SSSR count). The molecule has 0 aromatic heterocycles. The van der Waals surface area contributed by atoms with Gasteiger partial charge in [-0.2, -0.15) is 0 Å². The molecular formula is C17H24N2O3. The average molecular weight is 304 g/mol. The lowest BCUT2D eigenvalue weighted by Gasteiger charge is -2.34. The van der Waals surface area contributed by atoms with Crippen LogP contribution in [0.15, 0.2) is 30.3 Å². The van der Waals surface area contributed by atoms with E-state index in [0.29, 0.717) is 6.42 Å². The second kappa shape index (κ2) is 7.82. The first-order chi connectivity index (χ1) is 10.6. The third-order valence-electron chi connectivity index (χ3n) is 4.13. The maximum atomic E-state index is 12.4. The Hall–Kier alpha value is -2.04. The van der Waals surface area contributed by atoms with E-state index in [4.69, 9.17) is 4.74 Å². The summed E-state index contributed by atoms with van der Waals surface area (Å²) in [5.41, 5.74) is 0.991. The standard InChI is InChI=1S/C17H24N2O3/c1-13-8-6-7-11-19(13)17(21)18-15(16(20)22-2)12-14-9-4-3-5-10-14/h3-5,9-10,13,15H,6-8,11-12H2,1-2H3,(H,18,21)/t13-,15-/m0/s1. The number of carbonyl (C=O) groups excluding carboxylic acids is 2. The van der Waals surface area contributed by atoms with Gasteiger partial charge in [-0.25, -0.2) is 9.59 Å². The van der Waals surface area contributed by atoms with Crippen molar-refractivity contribution in [1.29, 1.82) is 0 Å². The van der Waals surface area contributed by atoms with Gasteiger partial charge in [-0.15, -0.1) is 0 Å². The minimum atomic E-state index is -0.658. The molecular weight excluding hydrogens is 280 g/mol. The van der Waals surface area contributed by atoms with Crippen molar-refractivity contribution in [2.45, 2.75) is 44.7 Å². The molecule has 2 amide bonds. The van der Waals surface area contributed by atoms with Crippen LogP contribution in [0.1, 0.15) is 31.7 Å². The highest BCUT2D eigenvalue weighted by molar-refractivity contribution is 5.84. The number of methoxy groups -OCH3 is 1. The van der Waals surface area contributed by atoms with E-state index >= 15 is 0 Å². The minimum Gasteiger partial charge on any atom is -0.467 e. The summed E-state index contributed by atoms with van der Waals surface area (Å²) < 4.78 is 4.83. The van der Waals surface area contributed by atoms with E-state index in [0.717, 1.165) is 31.4 Å². The number of rotatable bonds is 4. The number of nitrogens with zero attached hydrogens (tertiary/aromatic N) is 1. The number of likely N-dealkylation sites (tertiary alicyclic amines) is 1. The van der Waals surface area contributed by atoms with Gasteiger partial charge in [0, 0.05) is 19.0 Å². The third-order valence-corrected chi connectivity index (χ3v) is 4.13. The zero-order valence-corrected chi connectivity index (χ0v) is 13.2. The van der Waals surface area contributed by atoms with Crippen LogP contribution in [0.4, 0.5) is 4.79 Å². The molecule has 0 aliphatic carbocycles. The highest BCUT2D eigenvalue weighted by Crippen LogP contribution is 2.16. The quantitative estimate of drug-likeness (QED) is 0.869. The highest BCUT2D eigenvalue weighted by atomic mass is 16.5. The van der Waals surface area contributed by atoms with Gasteiger partial charge < -0.3 is 15.0 Å². The Morgan fingerprint density at radius 3 is 2.68 bits per heavy atom. The van der Waals surface area contributed by atoms with Crippen molar-refractivity contribution in [3.05, 3.63) is 35.9 Å². The molecule has 2 atom stereocenters. The summed E-state index contributed by atoms with van der Waals surface area (Å²) in [5, 5.41) is 2.83. The van der Waals surface area contributed by atoms with Crippen molar-refractivity contribution >= 4 is 12.0 Å². The van der Waals surface area contributed by atoms with Gasteiger partial charge in [0.05, 0.1) is 7.11 Å². The molecule has 1 saturated heterocycles. The lowest BCUT2D eigenvalue weighted by atomic mass is 10.0. The first kappa shape index (κ1) is 16.3. The lowest BCUT2D eigenvalue weighted by molar-refractivity contribution is -0.142. The van der Waals surface area contributed by atoms with Crippen molar-refractivity contribution in [1.82, 2.24) is 10.2 Å². The summed E-state index contributed by atoms with van der Waals surface area (Å²) in [5.74, 6) is -0.415. The summed E-state index contributed by atoms with van der Waals surface area (Å²) in [6.07, 6.45) is 3.60. The fourth-order valence-electron chi connectivity index (χ4n) is 2.82. The van der Waals surface area contributed by atoms with E-state index in [1.54, 1.807) is 0 Å². The van der Waals surface area contributed by atoms with Gasteiger partial charge in [0.25, 0.3) is 0 Å². The van der Waals surface area contributed by atoms with Crippen LogP contribution < -0.4 is 5.32 Å². The summed E-state index contributed by atoms with van der Waals surface area (Å²) in [7, 11) is 1.34. The Balaban J connectivity index is 2.03. The van der Waals surface area contributed by atoms with Crippen LogP contribution in [0.5, 0.6) is 0 Å². The molecule has 5 nitrogen and oxygen atoms in total. The predicted octanol–water partition coefficient (Wildman–Crippen LogP) is 2.35. The van der Waals surface area contributed by atoms with E-state index < -0.39 is 12.0 Å². The zero-order chi connectivity index (χ0) is 15.9. The number of urea groups is 1. The molecule has 1 aliphatic rings. The molecule has 0 radical (unpaired) electrons. The van der Waals surface area contributed by atoms with Gasteiger partial charge in [-0.3, -0.25) is 0 Å².